The summed E-state index contributed by atoms with van der Waals surface area (Å²) in [5.41, 5.74) is 4.80. The number of aromatic nitrogens is 1. The summed E-state index contributed by atoms with van der Waals surface area (Å²) in [5.74, 6) is 0.854. The maximum Gasteiger partial charge on any atom is 0.158 e. The Morgan fingerprint density at radius 2 is 1.92 bits per heavy atom. The molecule has 0 saturated carbocycles. The molecule has 0 bridgehead atoms. The van der Waals surface area contributed by atoms with Crippen LogP contribution in [0.5, 0.6) is 5.75 Å². The van der Waals surface area contributed by atoms with Gasteiger partial charge >= 0.3 is 0 Å². The number of methoxy groups -OCH3 is 1. The molecule has 1 aliphatic rings. The van der Waals surface area contributed by atoms with E-state index in [-0.39, 0.29) is 6.23 Å². The van der Waals surface area contributed by atoms with Crippen molar-refractivity contribution in [2.45, 2.75) is 19.6 Å². The summed E-state index contributed by atoms with van der Waals surface area (Å²) in [6.07, 6.45) is 5.22. The summed E-state index contributed by atoms with van der Waals surface area (Å²) in [6, 6.07) is 19.0. The van der Waals surface area contributed by atoms with Crippen molar-refractivity contribution in [3.8, 4) is 11.4 Å². The third-order valence-corrected chi connectivity index (χ3v) is 4.92. The first-order chi connectivity index (χ1) is 12.8. The summed E-state index contributed by atoms with van der Waals surface area (Å²) in [5, 5.41) is 0. The Kier molecular flexibility index (Phi) is 4.67. The molecule has 134 valence electrons. The highest BCUT2D eigenvalue weighted by Crippen LogP contribution is 2.33. The van der Waals surface area contributed by atoms with Crippen molar-refractivity contribution in [2.24, 2.45) is 0 Å². The number of rotatable bonds is 5. The monoisotopic (exact) mass is 348 g/mol. The van der Waals surface area contributed by atoms with Gasteiger partial charge in [-0.25, -0.2) is 0 Å². The highest BCUT2D eigenvalue weighted by Gasteiger charge is 2.27. The zero-order chi connectivity index (χ0) is 17.9. The van der Waals surface area contributed by atoms with Gasteiger partial charge < -0.3 is 18.9 Å². The molecule has 1 aliphatic heterocycles. The third kappa shape index (κ3) is 3.20. The SMILES string of the molecule is CCc1ccc(N2CCO[C@H]2c2ccn(-c3cccc(OC)c3)c2)cc1. The van der Waals surface area contributed by atoms with Gasteiger partial charge in [-0.1, -0.05) is 25.1 Å². The van der Waals surface area contributed by atoms with Crippen LogP contribution in [0, 0.1) is 0 Å². The van der Waals surface area contributed by atoms with E-state index in [1.165, 1.54) is 11.3 Å². The first kappa shape index (κ1) is 16.7. The number of nitrogens with zero attached hydrogens (tertiary/aromatic N) is 2. The first-order valence-electron chi connectivity index (χ1n) is 9.08. The molecule has 1 fully saturated rings. The minimum atomic E-state index is -0.0469. The van der Waals surface area contributed by atoms with E-state index in [1.807, 2.05) is 18.2 Å². The molecule has 26 heavy (non-hydrogen) atoms. The van der Waals surface area contributed by atoms with Gasteiger partial charge in [0.15, 0.2) is 6.23 Å². The van der Waals surface area contributed by atoms with Gasteiger partial charge in [-0.2, -0.15) is 0 Å². The van der Waals surface area contributed by atoms with E-state index >= 15 is 0 Å². The van der Waals surface area contributed by atoms with Crippen LogP contribution < -0.4 is 9.64 Å². The Morgan fingerprint density at radius 1 is 1.08 bits per heavy atom. The maximum atomic E-state index is 6.04. The average molecular weight is 348 g/mol. The number of ether oxygens (including phenoxy) is 2. The van der Waals surface area contributed by atoms with Gasteiger partial charge in [-0.3, -0.25) is 0 Å². The topological polar surface area (TPSA) is 26.6 Å². The molecule has 4 heteroatoms. The minimum Gasteiger partial charge on any atom is -0.497 e. The van der Waals surface area contributed by atoms with Gasteiger partial charge in [0.05, 0.1) is 13.7 Å². The summed E-state index contributed by atoms with van der Waals surface area (Å²) < 4.78 is 13.5. The van der Waals surface area contributed by atoms with Crippen LogP contribution in [0.3, 0.4) is 0 Å². The van der Waals surface area contributed by atoms with Crippen LogP contribution in [0.15, 0.2) is 67.0 Å². The van der Waals surface area contributed by atoms with Crippen LogP contribution >= 0.6 is 0 Å². The highest BCUT2D eigenvalue weighted by molar-refractivity contribution is 5.50. The molecule has 1 atom stereocenters. The highest BCUT2D eigenvalue weighted by atomic mass is 16.5. The molecular formula is C22H24N2O2. The zero-order valence-electron chi connectivity index (χ0n) is 15.3. The van der Waals surface area contributed by atoms with Crippen molar-refractivity contribution in [3.63, 3.8) is 0 Å². The van der Waals surface area contributed by atoms with Crippen LogP contribution in [0.4, 0.5) is 5.69 Å². The lowest BCUT2D eigenvalue weighted by molar-refractivity contribution is 0.114. The number of hydrogen-bond acceptors (Lipinski definition) is 3. The van der Waals surface area contributed by atoms with Crippen LogP contribution in [-0.2, 0) is 11.2 Å². The summed E-state index contributed by atoms with van der Waals surface area (Å²) in [4.78, 5) is 2.32. The largest absolute Gasteiger partial charge is 0.497 e. The molecule has 0 unspecified atom stereocenters. The molecule has 3 aromatic rings. The Hall–Kier alpha value is -2.72. The Labute approximate surface area is 154 Å². The average Bonchev–Trinajstić information content (AvgIpc) is 3.37. The fourth-order valence-corrected chi connectivity index (χ4v) is 3.42. The Bertz CT molecular complexity index is 870. The number of aryl methyl sites for hydroxylation is 1. The second-order valence-corrected chi connectivity index (χ2v) is 6.49. The zero-order valence-corrected chi connectivity index (χ0v) is 15.3. The van der Waals surface area contributed by atoms with Crippen LogP contribution in [0.25, 0.3) is 5.69 Å². The van der Waals surface area contributed by atoms with Gasteiger partial charge in [-0.05, 0) is 42.3 Å². The molecule has 0 aliphatic carbocycles. The van der Waals surface area contributed by atoms with E-state index in [4.69, 9.17) is 9.47 Å². The molecular weight excluding hydrogens is 324 g/mol. The van der Waals surface area contributed by atoms with Gasteiger partial charge in [0.25, 0.3) is 0 Å². The summed E-state index contributed by atoms with van der Waals surface area (Å²) >= 11 is 0. The standard InChI is InChI=1S/C22H24N2O2/c1-3-17-7-9-19(10-8-17)24-13-14-26-22(24)18-11-12-23(16-18)20-5-4-6-21(15-20)25-2/h4-12,15-16,22H,3,13-14H2,1-2H3/t22-/m0/s1. The van der Waals surface area contributed by atoms with E-state index in [1.54, 1.807) is 7.11 Å². The Morgan fingerprint density at radius 3 is 2.69 bits per heavy atom. The van der Waals surface area contributed by atoms with E-state index in [2.05, 4.69) is 65.2 Å². The molecule has 0 N–H and O–H groups in total. The van der Waals surface area contributed by atoms with E-state index in [9.17, 15) is 0 Å². The van der Waals surface area contributed by atoms with E-state index in [0.717, 1.165) is 36.6 Å². The maximum absolute atomic E-state index is 6.04. The number of benzene rings is 2. The normalized spacial score (nSPS) is 16.8. The summed E-state index contributed by atoms with van der Waals surface area (Å²) in [6.45, 7) is 3.82. The fourth-order valence-electron chi connectivity index (χ4n) is 3.42. The van der Waals surface area contributed by atoms with Crippen molar-refractivity contribution < 1.29 is 9.47 Å². The first-order valence-corrected chi connectivity index (χ1v) is 9.08. The summed E-state index contributed by atoms with van der Waals surface area (Å²) in [7, 11) is 1.69. The minimum absolute atomic E-state index is 0.0469. The third-order valence-electron chi connectivity index (χ3n) is 4.92. The molecule has 4 rings (SSSR count). The predicted octanol–water partition coefficient (Wildman–Crippen LogP) is 4.58. The van der Waals surface area contributed by atoms with Crippen molar-refractivity contribution in [3.05, 3.63) is 78.1 Å². The van der Waals surface area contributed by atoms with Gasteiger partial charge in [0.2, 0.25) is 0 Å². The van der Waals surface area contributed by atoms with Gasteiger partial charge in [-0.15, -0.1) is 0 Å². The quantitative estimate of drug-likeness (QED) is 0.675. The number of hydrogen-bond donors (Lipinski definition) is 0. The smallest absolute Gasteiger partial charge is 0.158 e. The lowest BCUT2D eigenvalue weighted by Crippen LogP contribution is -2.22. The molecule has 2 aromatic carbocycles. The lowest BCUT2D eigenvalue weighted by Gasteiger charge is -2.24. The molecule has 0 spiro atoms. The molecule has 1 saturated heterocycles. The second kappa shape index (κ2) is 7.26. The van der Waals surface area contributed by atoms with Crippen LogP contribution in [-0.4, -0.2) is 24.8 Å². The van der Waals surface area contributed by atoms with Gasteiger partial charge in [0, 0.05) is 41.9 Å². The lowest BCUT2D eigenvalue weighted by atomic mass is 10.1. The van der Waals surface area contributed by atoms with Crippen LogP contribution in [0.1, 0.15) is 24.3 Å². The molecule has 2 heterocycles. The molecule has 1 aromatic heterocycles. The molecule has 0 amide bonds. The van der Waals surface area contributed by atoms with Crippen molar-refractivity contribution >= 4 is 5.69 Å². The number of anilines is 1. The van der Waals surface area contributed by atoms with Crippen molar-refractivity contribution in [2.75, 3.05) is 25.2 Å². The van der Waals surface area contributed by atoms with Crippen LogP contribution in [0.2, 0.25) is 0 Å². The van der Waals surface area contributed by atoms with Crippen molar-refractivity contribution in [1.82, 2.24) is 4.57 Å². The van der Waals surface area contributed by atoms with Crippen molar-refractivity contribution in [1.29, 1.82) is 0 Å². The Balaban J connectivity index is 1.59. The molecule has 4 nitrogen and oxygen atoms in total. The molecule has 0 radical (unpaired) electrons. The van der Waals surface area contributed by atoms with E-state index < -0.39 is 0 Å². The fraction of sp³-hybridized carbons (Fsp3) is 0.273. The van der Waals surface area contributed by atoms with Gasteiger partial charge in [0.1, 0.15) is 5.75 Å². The second-order valence-electron chi connectivity index (χ2n) is 6.49. The van der Waals surface area contributed by atoms with E-state index in [0.29, 0.717) is 0 Å². The predicted molar refractivity (Wildman–Crippen MR) is 104 cm³/mol.